The fourth-order valence-corrected chi connectivity index (χ4v) is 5.73. The van der Waals surface area contributed by atoms with Crippen molar-refractivity contribution < 1.29 is 18.3 Å². The van der Waals surface area contributed by atoms with Crippen LogP contribution in [0.3, 0.4) is 0 Å². The van der Waals surface area contributed by atoms with Crippen LogP contribution >= 0.6 is 11.9 Å². The molecule has 1 amide bonds. The lowest BCUT2D eigenvalue weighted by atomic mass is 9.93. The Balaban J connectivity index is 1.22. The quantitative estimate of drug-likeness (QED) is 0.527. The molecule has 4 aliphatic rings. The number of rotatable bonds is 7. The third-order valence-electron chi connectivity index (χ3n) is 7.53. The van der Waals surface area contributed by atoms with Crippen LogP contribution in [0.15, 0.2) is 24.3 Å². The number of hydrogen-bond donors (Lipinski definition) is 2. The van der Waals surface area contributed by atoms with Crippen LogP contribution in [0.2, 0.25) is 0 Å². The molecular formula is C25H30F2N6O2S. The van der Waals surface area contributed by atoms with Crippen LogP contribution in [0.5, 0.6) is 0 Å². The van der Waals surface area contributed by atoms with E-state index in [-0.39, 0.29) is 11.9 Å². The lowest BCUT2D eigenvalue weighted by Gasteiger charge is -2.38. The predicted molar refractivity (Wildman–Crippen MR) is 137 cm³/mol. The molecule has 4 fully saturated rings. The van der Waals surface area contributed by atoms with E-state index in [9.17, 15) is 13.6 Å². The fourth-order valence-electron chi connectivity index (χ4n) is 4.98. The molecule has 3 saturated heterocycles. The number of carbonyl (C=O) groups is 1. The van der Waals surface area contributed by atoms with E-state index >= 15 is 0 Å². The number of benzene rings is 1. The predicted octanol–water partition coefficient (Wildman–Crippen LogP) is 4.33. The molecule has 1 aromatic carbocycles. The largest absolute Gasteiger partial charge is 0.379 e. The number of ether oxygens (including phenoxy) is 1. The van der Waals surface area contributed by atoms with Gasteiger partial charge in [-0.3, -0.25) is 4.79 Å². The number of aryl methyl sites for hydroxylation is 1. The maximum atomic E-state index is 13.5. The summed E-state index contributed by atoms with van der Waals surface area (Å²) in [6, 6.07) is 7.46. The van der Waals surface area contributed by atoms with Crippen molar-refractivity contribution in [2.75, 3.05) is 59.2 Å². The van der Waals surface area contributed by atoms with Gasteiger partial charge in [0.2, 0.25) is 5.95 Å². The first-order valence-electron chi connectivity index (χ1n) is 12.5. The van der Waals surface area contributed by atoms with Crippen LogP contribution < -0.4 is 19.8 Å². The maximum absolute atomic E-state index is 13.5. The highest BCUT2D eigenvalue weighted by Crippen LogP contribution is 2.54. The highest BCUT2D eigenvalue weighted by Gasteiger charge is 2.46. The Hall–Kier alpha value is -2.66. The molecule has 192 valence electrons. The number of aromatic nitrogens is 2. The molecule has 1 aliphatic carbocycles. The smallest absolute Gasteiger partial charge is 0.282 e. The molecule has 1 spiro atoms. The summed E-state index contributed by atoms with van der Waals surface area (Å²) in [6.45, 7) is 4.27. The normalized spacial score (nSPS) is 22.1. The Morgan fingerprint density at radius 2 is 1.83 bits per heavy atom. The van der Waals surface area contributed by atoms with Gasteiger partial charge in [-0.1, -0.05) is 0 Å². The zero-order valence-electron chi connectivity index (χ0n) is 20.2. The van der Waals surface area contributed by atoms with Gasteiger partial charge in [-0.2, -0.15) is 4.98 Å². The molecule has 2 N–H and O–H groups in total. The Bertz CT molecular complexity index is 1160. The summed E-state index contributed by atoms with van der Waals surface area (Å²) in [6.07, 6.45) is 4.92. The van der Waals surface area contributed by atoms with Gasteiger partial charge in [0.1, 0.15) is 5.82 Å². The van der Waals surface area contributed by atoms with E-state index < -0.39 is 19.0 Å². The van der Waals surface area contributed by atoms with Crippen LogP contribution in [-0.2, 0) is 4.74 Å². The molecule has 6 rings (SSSR count). The lowest BCUT2D eigenvalue weighted by molar-refractivity contribution is -0.0271. The van der Waals surface area contributed by atoms with E-state index in [1.807, 2.05) is 18.2 Å². The van der Waals surface area contributed by atoms with Crippen LogP contribution in [0.1, 0.15) is 41.7 Å². The molecule has 4 heterocycles. The molecule has 0 unspecified atom stereocenters. The van der Waals surface area contributed by atoms with Crippen LogP contribution in [0.4, 0.5) is 31.9 Å². The topological polar surface area (TPSA) is 82.6 Å². The third-order valence-corrected chi connectivity index (χ3v) is 8.49. The van der Waals surface area contributed by atoms with Gasteiger partial charge in [-0.05, 0) is 68.2 Å². The van der Waals surface area contributed by atoms with Crippen LogP contribution in [0, 0.1) is 12.3 Å². The monoisotopic (exact) mass is 516 g/mol. The van der Waals surface area contributed by atoms with Gasteiger partial charge in [0.05, 0.1) is 42.8 Å². The van der Waals surface area contributed by atoms with Gasteiger partial charge in [0.25, 0.3) is 11.8 Å². The Morgan fingerprint density at radius 3 is 2.47 bits per heavy atom. The molecule has 1 saturated carbocycles. The summed E-state index contributed by atoms with van der Waals surface area (Å²) in [4.78, 5) is 25.8. The summed E-state index contributed by atoms with van der Waals surface area (Å²) in [5, 5.41) is 3.32. The Morgan fingerprint density at radius 1 is 1.08 bits per heavy atom. The van der Waals surface area contributed by atoms with Crippen LogP contribution in [-0.4, -0.2) is 66.4 Å². The fraction of sp³-hybridized carbons (Fsp3) is 0.560. The first kappa shape index (κ1) is 23.7. The number of halogens is 2. The minimum atomic E-state index is -2.72. The van der Waals surface area contributed by atoms with Crippen molar-refractivity contribution in [1.29, 1.82) is 0 Å². The van der Waals surface area contributed by atoms with E-state index in [0.717, 1.165) is 50.5 Å². The average molecular weight is 517 g/mol. The summed E-state index contributed by atoms with van der Waals surface area (Å²) in [5.41, 5.74) is 3.54. The first-order chi connectivity index (χ1) is 17.3. The Kier molecular flexibility index (Phi) is 5.94. The second-order valence-corrected chi connectivity index (χ2v) is 11.6. The van der Waals surface area contributed by atoms with E-state index in [1.54, 1.807) is 24.9 Å². The molecule has 3 aliphatic heterocycles. The SMILES string of the molecule is Cc1cc(NC(=O)c2ccc(NSC3COC3)cc2N2CCC3(CC2)CC3)nc(N2CC(F)(F)C2)n1. The summed E-state index contributed by atoms with van der Waals surface area (Å²) in [5.74, 6) is -2.49. The summed E-state index contributed by atoms with van der Waals surface area (Å²) < 4.78 is 35.4. The van der Waals surface area contributed by atoms with Crippen molar-refractivity contribution in [2.45, 2.75) is 43.8 Å². The minimum absolute atomic E-state index is 0.207. The van der Waals surface area contributed by atoms with Gasteiger partial charge in [-0.15, -0.1) is 0 Å². The number of piperidine rings is 1. The molecular weight excluding hydrogens is 486 g/mol. The number of hydrogen-bond acceptors (Lipinski definition) is 8. The zero-order chi connectivity index (χ0) is 24.9. The molecule has 8 nitrogen and oxygen atoms in total. The first-order valence-corrected chi connectivity index (χ1v) is 13.3. The van der Waals surface area contributed by atoms with Gasteiger partial charge in [0.15, 0.2) is 0 Å². The van der Waals surface area contributed by atoms with Gasteiger partial charge >= 0.3 is 0 Å². The number of carbonyl (C=O) groups excluding carboxylic acids is 1. The van der Waals surface area contributed by atoms with Crippen molar-refractivity contribution in [1.82, 2.24) is 9.97 Å². The van der Waals surface area contributed by atoms with Crippen molar-refractivity contribution in [3.63, 3.8) is 0 Å². The number of nitrogens with one attached hydrogen (secondary N) is 2. The highest BCUT2D eigenvalue weighted by molar-refractivity contribution is 8.01. The number of amides is 1. The lowest BCUT2D eigenvalue weighted by Crippen LogP contribution is -2.57. The number of alkyl halides is 2. The van der Waals surface area contributed by atoms with Crippen molar-refractivity contribution >= 4 is 41.0 Å². The van der Waals surface area contributed by atoms with E-state index in [1.165, 1.54) is 17.7 Å². The molecule has 2 aromatic rings. The zero-order valence-corrected chi connectivity index (χ0v) is 21.0. The maximum Gasteiger partial charge on any atom is 0.282 e. The van der Waals surface area contributed by atoms with Crippen molar-refractivity contribution in [2.24, 2.45) is 5.41 Å². The van der Waals surface area contributed by atoms with Crippen LogP contribution in [0.25, 0.3) is 0 Å². The van der Waals surface area contributed by atoms with Gasteiger partial charge in [-0.25, -0.2) is 13.8 Å². The Labute approximate surface area is 213 Å². The molecule has 1 aromatic heterocycles. The average Bonchev–Trinajstić information content (AvgIpc) is 3.55. The number of nitrogens with zero attached hydrogens (tertiary/aromatic N) is 4. The second kappa shape index (κ2) is 9.02. The van der Waals surface area contributed by atoms with E-state index in [2.05, 4.69) is 24.9 Å². The molecule has 0 atom stereocenters. The van der Waals surface area contributed by atoms with Crippen molar-refractivity contribution in [3.05, 3.63) is 35.5 Å². The van der Waals surface area contributed by atoms with Gasteiger partial charge < -0.3 is 24.6 Å². The van der Waals surface area contributed by atoms with Gasteiger partial charge in [0, 0.05) is 30.5 Å². The third kappa shape index (κ3) is 4.95. The molecule has 0 bridgehead atoms. The molecule has 36 heavy (non-hydrogen) atoms. The summed E-state index contributed by atoms with van der Waals surface area (Å²) in [7, 11) is 0. The number of anilines is 4. The summed E-state index contributed by atoms with van der Waals surface area (Å²) >= 11 is 1.64. The van der Waals surface area contributed by atoms with Crippen molar-refractivity contribution in [3.8, 4) is 0 Å². The minimum Gasteiger partial charge on any atom is -0.379 e. The standard InChI is InChI=1S/C25H30F2N6O2S/c1-16-10-21(30-23(28-16)33-14-25(26,27)15-33)29-22(34)19-3-2-17(31-36-18-12-35-13-18)11-20(19)32-8-6-24(4-5-24)7-9-32/h2-3,10-11,18,31H,4-9,12-15H2,1H3,(H,28,29,30,34). The molecule has 0 radical (unpaired) electrons. The highest BCUT2D eigenvalue weighted by atomic mass is 32.2. The molecule has 11 heteroatoms. The van der Waals surface area contributed by atoms with E-state index in [4.69, 9.17) is 4.74 Å². The van der Waals surface area contributed by atoms with E-state index in [0.29, 0.717) is 27.7 Å². The second-order valence-electron chi connectivity index (χ2n) is 10.5.